The minimum absolute atomic E-state index is 0. The van der Waals surface area contributed by atoms with Crippen LogP contribution in [0, 0.1) is 0 Å². The standard InChI is InChI=1S/C2H2F2O5S.Na.H/c3-1(4)9-10(7,8)2(5)6;;/h1H,(H,5,6);;. The first-order valence-electron chi connectivity index (χ1n) is 1.80. The molecule has 0 bridgehead atoms. The molecule has 1 N–H and O–H groups in total. The molecule has 0 saturated carbocycles. The Balaban J connectivity index is 0. The molecule has 9 heteroatoms. The molecule has 5 nitrogen and oxygen atoms in total. The van der Waals surface area contributed by atoms with Crippen molar-refractivity contribution in [2.75, 3.05) is 0 Å². The van der Waals surface area contributed by atoms with Crippen LogP contribution >= 0.6 is 0 Å². The van der Waals surface area contributed by atoms with E-state index >= 15 is 0 Å². The molecule has 0 saturated heterocycles. The Labute approximate surface area is 82.8 Å². The molecule has 0 aliphatic heterocycles. The van der Waals surface area contributed by atoms with Gasteiger partial charge in [-0.25, -0.2) is 4.79 Å². The van der Waals surface area contributed by atoms with E-state index in [0.29, 0.717) is 0 Å². The van der Waals surface area contributed by atoms with Crippen LogP contribution in [0.4, 0.5) is 13.6 Å². The average Bonchev–Trinajstić information content (AvgIpc) is 1.60. The molecule has 0 aromatic carbocycles. The molecule has 0 heterocycles. The predicted molar refractivity (Wildman–Crippen MR) is 31.2 cm³/mol. The van der Waals surface area contributed by atoms with Gasteiger partial charge in [0.1, 0.15) is 0 Å². The quantitative estimate of drug-likeness (QED) is 0.483. The van der Waals surface area contributed by atoms with Crippen LogP contribution in [0.5, 0.6) is 0 Å². The second-order valence-corrected chi connectivity index (χ2v) is 2.53. The molecule has 0 spiro atoms. The maximum absolute atomic E-state index is 11.0. The summed E-state index contributed by atoms with van der Waals surface area (Å²) in [6, 6.07) is 0. The van der Waals surface area contributed by atoms with Gasteiger partial charge in [-0.1, -0.05) is 0 Å². The summed E-state index contributed by atoms with van der Waals surface area (Å²) in [6.45, 7) is -3.64. The van der Waals surface area contributed by atoms with Crippen molar-refractivity contribution >= 4 is 45.0 Å². The fourth-order valence-electron chi connectivity index (χ4n) is 0.137. The van der Waals surface area contributed by atoms with Crippen molar-refractivity contribution in [1.82, 2.24) is 0 Å². The van der Waals surface area contributed by atoms with Gasteiger partial charge in [-0.15, -0.1) is 0 Å². The van der Waals surface area contributed by atoms with Crippen molar-refractivity contribution in [1.29, 1.82) is 0 Å². The van der Waals surface area contributed by atoms with Crippen LogP contribution in [-0.4, -0.2) is 55.0 Å². The Bertz CT molecular complexity index is 223. The van der Waals surface area contributed by atoms with Crippen molar-refractivity contribution in [3.8, 4) is 0 Å². The molecular weight excluding hydrogens is 197 g/mol. The van der Waals surface area contributed by atoms with Crippen LogP contribution in [0.1, 0.15) is 0 Å². The Morgan fingerprint density at radius 1 is 1.45 bits per heavy atom. The van der Waals surface area contributed by atoms with E-state index in [4.69, 9.17) is 5.11 Å². The summed E-state index contributed by atoms with van der Waals surface area (Å²) in [6.07, 6.45) is 0. The van der Waals surface area contributed by atoms with Gasteiger partial charge in [-0.05, 0) is 0 Å². The zero-order chi connectivity index (χ0) is 8.36. The van der Waals surface area contributed by atoms with Crippen molar-refractivity contribution in [2.45, 2.75) is 6.61 Å². The van der Waals surface area contributed by atoms with Crippen LogP contribution in [0.15, 0.2) is 0 Å². The van der Waals surface area contributed by atoms with Crippen LogP contribution in [0.3, 0.4) is 0 Å². The van der Waals surface area contributed by atoms with E-state index in [1.807, 2.05) is 0 Å². The number of hydrogen-bond acceptors (Lipinski definition) is 4. The van der Waals surface area contributed by atoms with Gasteiger partial charge in [0.05, 0.1) is 0 Å². The molecule has 11 heavy (non-hydrogen) atoms. The fraction of sp³-hybridized carbons (Fsp3) is 0.500. The molecule has 0 radical (unpaired) electrons. The van der Waals surface area contributed by atoms with Crippen LogP contribution in [-0.2, 0) is 14.3 Å². The molecule has 62 valence electrons. The maximum atomic E-state index is 11.0. The van der Waals surface area contributed by atoms with E-state index in [9.17, 15) is 22.0 Å². The SMILES string of the molecule is O=C(O)S(=O)(=O)OC(F)F.[NaH]. The van der Waals surface area contributed by atoms with Crippen molar-refractivity contribution in [3.63, 3.8) is 0 Å². The van der Waals surface area contributed by atoms with Gasteiger partial charge in [-0.3, -0.25) is 0 Å². The van der Waals surface area contributed by atoms with Crippen LogP contribution < -0.4 is 0 Å². The van der Waals surface area contributed by atoms with Gasteiger partial charge < -0.3 is 5.11 Å². The normalized spacial score (nSPS) is 10.8. The number of halogens is 2. The summed E-state index contributed by atoms with van der Waals surface area (Å²) < 4.78 is 44.5. The van der Waals surface area contributed by atoms with Crippen LogP contribution in [0.25, 0.3) is 0 Å². The van der Waals surface area contributed by atoms with Crippen LogP contribution in [0.2, 0.25) is 0 Å². The molecule has 0 amide bonds. The number of carboxylic acid groups (broad SMARTS) is 1. The van der Waals surface area contributed by atoms with Gasteiger partial charge >= 0.3 is 51.6 Å². The first kappa shape index (κ1) is 13.8. The molecular formula is C2H3F2NaO5S. The molecule has 0 aromatic rings. The summed E-state index contributed by atoms with van der Waals surface area (Å²) in [5.74, 6) is 0. The Morgan fingerprint density at radius 2 is 1.82 bits per heavy atom. The number of carbonyl (C=O) groups is 1. The summed E-state index contributed by atoms with van der Waals surface area (Å²) in [5, 5.41) is 5.21. The van der Waals surface area contributed by atoms with Gasteiger partial charge in [0, 0.05) is 0 Å². The molecule has 0 aliphatic carbocycles. The summed E-state index contributed by atoms with van der Waals surface area (Å²) in [4.78, 5) is 9.51. The molecule has 0 rings (SSSR count). The van der Waals surface area contributed by atoms with Crippen molar-refractivity contribution in [2.24, 2.45) is 0 Å². The Morgan fingerprint density at radius 3 is 1.91 bits per heavy atom. The van der Waals surface area contributed by atoms with Gasteiger partial charge in [0.15, 0.2) is 0 Å². The van der Waals surface area contributed by atoms with E-state index in [-0.39, 0.29) is 29.6 Å². The summed E-state index contributed by atoms with van der Waals surface area (Å²) in [5.41, 5.74) is 0. The molecule has 0 fully saturated rings. The third kappa shape index (κ3) is 5.50. The van der Waals surface area contributed by atoms with E-state index in [0.717, 1.165) is 0 Å². The van der Waals surface area contributed by atoms with E-state index < -0.39 is 22.0 Å². The van der Waals surface area contributed by atoms with Crippen molar-refractivity contribution in [3.05, 3.63) is 0 Å². The third-order valence-corrected chi connectivity index (χ3v) is 1.24. The van der Waals surface area contributed by atoms with E-state index in [1.54, 1.807) is 0 Å². The van der Waals surface area contributed by atoms with Gasteiger partial charge in [0.25, 0.3) is 0 Å². The monoisotopic (exact) mass is 200 g/mol. The number of hydrogen-bond donors (Lipinski definition) is 1. The predicted octanol–water partition coefficient (Wildman–Crippen LogP) is -0.415. The Hall–Kier alpha value is 0.240. The zero-order valence-corrected chi connectivity index (χ0v) is 5.14. The van der Waals surface area contributed by atoms with Gasteiger partial charge in [-0.2, -0.15) is 21.4 Å². The molecule has 0 aromatic heterocycles. The van der Waals surface area contributed by atoms with E-state index in [2.05, 4.69) is 4.18 Å². The fourth-order valence-corrected chi connectivity index (χ4v) is 0.411. The number of alkyl halides is 2. The average molecular weight is 200 g/mol. The van der Waals surface area contributed by atoms with Crippen molar-refractivity contribution < 1.29 is 31.3 Å². The second-order valence-electron chi connectivity index (χ2n) is 1.08. The first-order valence-corrected chi connectivity index (χ1v) is 3.21. The number of rotatable bonds is 2. The Kier molecular flexibility index (Phi) is 6.26. The molecule has 0 unspecified atom stereocenters. The molecule has 0 aliphatic rings. The summed E-state index contributed by atoms with van der Waals surface area (Å²) >= 11 is 0. The third-order valence-electron chi connectivity index (χ3n) is 0.413. The van der Waals surface area contributed by atoms with Gasteiger partial charge in [0.2, 0.25) is 0 Å². The zero-order valence-electron chi connectivity index (χ0n) is 4.32. The second kappa shape index (κ2) is 4.99. The van der Waals surface area contributed by atoms with E-state index in [1.165, 1.54) is 0 Å². The first-order chi connectivity index (χ1) is 4.36. The minimum atomic E-state index is -5.13. The summed E-state index contributed by atoms with van der Waals surface area (Å²) in [7, 11) is -5.13. The molecule has 0 atom stereocenters. The topological polar surface area (TPSA) is 80.7 Å².